The fourth-order valence-corrected chi connectivity index (χ4v) is 3.84. The second-order valence-electron chi connectivity index (χ2n) is 8.48. The van der Waals surface area contributed by atoms with Gasteiger partial charge in [0.1, 0.15) is 0 Å². The van der Waals surface area contributed by atoms with E-state index in [1.54, 1.807) is 0 Å². The first kappa shape index (κ1) is 19.5. The minimum absolute atomic E-state index is 0.263. The molecule has 0 bridgehead atoms. The molecule has 1 rings (SSSR count). The first-order chi connectivity index (χ1) is 10.4. The minimum atomic E-state index is 0.263. The third kappa shape index (κ3) is 6.71. The lowest BCUT2D eigenvalue weighted by molar-refractivity contribution is -0.127. The molecule has 0 radical (unpaired) electrons. The predicted molar refractivity (Wildman–Crippen MR) is 95.8 cm³/mol. The summed E-state index contributed by atoms with van der Waals surface area (Å²) in [5.41, 5.74) is 0.395. The molecule has 0 aromatic heterocycles. The number of amides is 1. The van der Waals surface area contributed by atoms with Gasteiger partial charge in [0.2, 0.25) is 5.91 Å². The molecular formula is C20H39NO. The van der Waals surface area contributed by atoms with Gasteiger partial charge >= 0.3 is 0 Å². The molecule has 0 aliphatic heterocycles. The zero-order valence-electron chi connectivity index (χ0n) is 15.7. The molecule has 0 aromatic rings. The van der Waals surface area contributed by atoms with Crippen LogP contribution in [0, 0.1) is 23.2 Å². The van der Waals surface area contributed by atoms with E-state index in [0.717, 1.165) is 37.6 Å². The van der Waals surface area contributed by atoms with Gasteiger partial charge in [-0.15, -0.1) is 0 Å². The molecule has 2 nitrogen and oxygen atoms in total. The lowest BCUT2D eigenvalue weighted by atomic mass is 9.66. The van der Waals surface area contributed by atoms with Gasteiger partial charge < -0.3 is 5.32 Å². The Morgan fingerprint density at radius 2 is 1.95 bits per heavy atom. The molecule has 2 heteroatoms. The molecule has 0 spiro atoms. The van der Waals surface area contributed by atoms with Gasteiger partial charge in [-0.1, -0.05) is 53.9 Å². The molecule has 2 unspecified atom stereocenters. The summed E-state index contributed by atoms with van der Waals surface area (Å²) in [5.74, 6) is 2.04. The van der Waals surface area contributed by atoms with Gasteiger partial charge in [-0.25, -0.2) is 0 Å². The molecule has 1 saturated carbocycles. The number of nitrogens with one attached hydrogen (secondary N) is 1. The van der Waals surface area contributed by atoms with Crippen molar-refractivity contribution in [2.24, 2.45) is 23.2 Å². The van der Waals surface area contributed by atoms with Crippen LogP contribution in [0.1, 0.15) is 92.4 Å². The van der Waals surface area contributed by atoms with E-state index < -0.39 is 0 Å². The van der Waals surface area contributed by atoms with Crippen molar-refractivity contribution in [1.82, 2.24) is 5.32 Å². The maximum Gasteiger partial charge on any atom is 0.223 e. The minimum Gasteiger partial charge on any atom is -0.356 e. The summed E-state index contributed by atoms with van der Waals surface area (Å²) < 4.78 is 0. The third-order valence-corrected chi connectivity index (χ3v) is 5.58. The highest BCUT2D eigenvalue weighted by molar-refractivity contribution is 5.78. The maximum atomic E-state index is 12.4. The van der Waals surface area contributed by atoms with Crippen molar-refractivity contribution in [1.29, 1.82) is 0 Å². The number of carbonyl (C=O) groups excluding carboxylic acids is 1. The van der Waals surface area contributed by atoms with Gasteiger partial charge in [-0.2, -0.15) is 0 Å². The van der Waals surface area contributed by atoms with Crippen LogP contribution >= 0.6 is 0 Å². The molecule has 2 atom stereocenters. The second kappa shape index (κ2) is 9.57. The van der Waals surface area contributed by atoms with Gasteiger partial charge in [0.15, 0.2) is 0 Å². The summed E-state index contributed by atoms with van der Waals surface area (Å²) >= 11 is 0. The molecule has 1 fully saturated rings. The van der Waals surface area contributed by atoms with E-state index in [4.69, 9.17) is 0 Å². The van der Waals surface area contributed by atoms with Crippen molar-refractivity contribution in [3.63, 3.8) is 0 Å². The molecule has 0 aromatic carbocycles. The standard InChI is InChI=1S/C20H39NO/c1-6-7-13-20(4,5)18-12-8-11-17(15-18)19(22)21-14-9-10-16(2)3/h16-18H,6-15H2,1-5H3,(H,21,22). The molecular weight excluding hydrogens is 270 g/mol. The Morgan fingerprint density at radius 3 is 2.59 bits per heavy atom. The van der Waals surface area contributed by atoms with Crippen LogP contribution in [0.3, 0.4) is 0 Å². The molecule has 22 heavy (non-hydrogen) atoms. The van der Waals surface area contributed by atoms with Crippen LogP contribution in [0.5, 0.6) is 0 Å². The predicted octanol–water partition coefficient (Wildman–Crippen LogP) is 5.56. The van der Waals surface area contributed by atoms with E-state index in [1.165, 1.54) is 38.5 Å². The van der Waals surface area contributed by atoms with Crippen molar-refractivity contribution < 1.29 is 4.79 Å². The van der Waals surface area contributed by atoms with Gasteiger partial charge in [-0.05, 0) is 55.8 Å². The van der Waals surface area contributed by atoms with E-state index in [-0.39, 0.29) is 5.92 Å². The SMILES string of the molecule is CCCCC(C)(C)C1CCCC(C(=O)NCCCC(C)C)C1. The fourth-order valence-electron chi connectivity index (χ4n) is 3.84. The van der Waals surface area contributed by atoms with Crippen molar-refractivity contribution >= 4 is 5.91 Å². The van der Waals surface area contributed by atoms with Crippen molar-refractivity contribution in [2.45, 2.75) is 92.4 Å². The van der Waals surface area contributed by atoms with Gasteiger partial charge in [0.25, 0.3) is 0 Å². The Labute approximate surface area is 138 Å². The summed E-state index contributed by atoms with van der Waals surface area (Å²) in [6.07, 6.45) is 10.9. The molecule has 0 saturated heterocycles. The fraction of sp³-hybridized carbons (Fsp3) is 0.950. The van der Waals surface area contributed by atoms with Gasteiger partial charge in [-0.3, -0.25) is 4.79 Å². The van der Waals surface area contributed by atoms with Crippen LogP contribution in [-0.4, -0.2) is 12.5 Å². The highest BCUT2D eigenvalue weighted by Gasteiger charge is 2.35. The zero-order valence-corrected chi connectivity index (χ0v) is 15.7. The largest absolute Gasteiger partial charge is 0.356 e. The third-order valence-electron chi connectivity index (χ3n) is 5.58. The van der Waals surface area contributed by atoms with Gasteiger partial charge in [0.05, 0.1) is 0 Å². The first-order valence-corrected chi connectivity index (χ1v) is 9.64. The Bertz CT molecular complexity index is 322. The smallest absolute Gasteiger partial charge is 0.223 e. The van der Waals surface area contributed by atoms with Crippen LogP contribution in [0.15, 0.2) is 0 Å². The Morgan fingerprint density at radius 1 is 1.23 bits per heavy atom. The number of hydrogen-bond acceptors (Lipinski definition) is 1. The number of carbonyl (C=O) groups is 1. The summed E-state index contributed by atoms with van der Waals surface area (Å²) in [4.78, 5) is 12.4. The number of unbranched alkanes of at least 4 members (excludes halogenated alkanes) is 1. The first-order valence-electron chi connectivity index (χ1n) is 9.64. The zero-order chi connectivity index (χ0) is 16.6. The average Bonchev–Trinajstić information content (AvgIpc) is 2.49. The van der Waals surface area contributed by atoms with Crippen molar-refractivity contribution in [3.8, 4) is 0 Å². The van der Waals surface area contributed by atoms with E-state index in [0.29, 0.717) is 11.3 Å². The van der Waals surface area contributed by atoms with E-state index in [2.05, 4.69) is 39.9 Å². The summed E-state index contributed by atoms with van der Waals surface area (Å²) in [6, 6.07) is 0. The van der Waals surface area contributed by atoms with Crippen LogP contribution in [0.2, 0.25) is 0 Å². The molecule has 1 amide bonds. The number of rotatable bonds is 9. The lowest BCUT2D eigenvalue weighted by Crippen LogP contribution is -2.37. The summed E-state index contributed by atoms with van der Waals surface area (Å²) in [7, 11) is 0. The highest BCUT2D eigenvalue weighted by Crippen LogP contribution is 2.43. The molecule has 0 heterocycles. The van der Waals surface area contributed by atoms with Crippen molar-refractivity contribution in [3.05, 3.63) is 0 Å². The molecule has 130 valence electrons. The second-order valence-corrected chi connectivity index (χ2v) is 8.48. The monoisotopic (exact) mass is 309 g/mol. The van der Waals surface area contributed by atoms with E-state index in [1.807, 2.05) is 0 Å². The topological polar surface area (TPSA) is 29.1 Å². The summed E-state index contributed by atoms with van der Waals surface area (Å²) in [5, 5.41) is 3.18. The Kier molecular flexibility index (Phi) is 8.49. The van der Waals surface area contributed by atoms with Crippen LogP contribution < -0.4 is 5.32 Å². The normalized spacial score (nSPS) is 22.8. The highest BCUT2D eigenvalue weighted by atomic mass is 16.1. The van der Waals surface area contributed by atoms with E-state index in [9.17, 15) is 4.79 Å². The van der Waals surface area contributed by atoms with Crippen LogP contribution in [0.4, 0.5) is 0 Å². The number of hydrogen-bond donors (Lipinski definition) is 1. The van der Waals surface area contributed by atoms with E-state index >= 15 is 0 Å². The van der Waals surface area contributed by atoms with Crippen LogP contribution in [0.25, 0.3) is 0 Å². The molecule has 1 N–H and O–H groups in total. The van der Waals surface area contributed by atoms with Gasteiger partial charge in [0, 0.05) is 12.5 Å². The Hall–Kier alpha value is -0.530. The quantitative estimate of drug-likeness (QED) is 0.555. The average molecular weight is 310 g/mol. The molecule has 1 aliphatic rings. The Balaban J connectivity index is 2.40. The van der Waals surface area contributed by atoms with Crippen molar-refractivity contribution in [2.75, 3.05) is 6.54 Å². The van der Waals surface area contributed by atoms with Crippen LogP contribution in [-0.2, 0) is 4.79 Å². The summed E-state index contributed by atoms with van der Waals surface area (Å²) in [6.45, 7) is 12.4. The molecule has 1 aliphatic carbocycles. The maximum absolute atomic E-state index is 12.4. The lowest BCUT2D eigenvalue weighted by Gasteiger charge is -2.39.